The summed E-state index contributed by atoms with van der Waals surface area (Å²) in [6, 6.07) is 137. The summed E-state index contributed by atoms with van der Waals surface area (Å²) in [7, 11) is 0. The van der Waals surface area contributed by atoms with E-state index in [4.69, 9.17) is 4.42 Å². The van der Waals surface area contributed by atoms with Crippen LogP contribution in [0, 0.1) is 0 Å². The summed E-state index contributed by atoms with van der Waals surface area (Å²) in [6.45, 7) is -0.262. The van der Waals surface area contributed by atoms with E-state index in [1.807, 2.05) is 0 Å². The maximum Gasteiger partial charge on any atom is 0.252 e. The number of rotatable bonds is 10. The zero-order chi connectivity index (χ0) is 66.9. The van der Waals surface area contributed by atoms with Crippen molar-refractivity contribution in [2.24, 2.45) is 0 Å². The van der Waals surface area contributed by atoms with Crippen LogP contribution in [-0.2, 0) is 0 Å². The second-order valence-electron chi connectivity index (χ2n) is 27.0. The minimum Gasteiger partial charge on any atom is -0.456 e. The van der Waals surface area contributed by atoms with E-state index in [0.717, 1.165) is 156 Å². The molecule has 0 spiro atoms. The van der Waals surface area contributed by atoms with Gasteiger partial charge in [-0.1, -0.05) is 279 Å². The highest BCUT2D eigenvalue weighted by molar-refractivity contribution is 7.00. The summed E-state index contributed by atoms with van der Waals surface area (Å²) >= 11 is 0. The molecule has 6 heteroatoms. The molecule has 3 aromatic heterocycles. The van der Waals surface area contributed by atoms with E-state index in [9.17, 15) is 0 Å². The van der Waals surface area contributed by atoms with Gasteiger partial charge in [0.15, 0.2) is 0 Å². The maximum atomic E-state index is 6.52. The van der Waals surface area contributed by atoms with Crippen LogP contribution >= 0.6 is 0 Å². The Morgan fingerprint density at radius 2 is 0.588 bits per heavy atom. The Morgan fingerprint density at radius 3 is 1.13 bits per heavy atom. The Balaban J connectivity index is 0.932. The lowest BCUT2D eigenvalue weighted by molar-refractivity contribution is 0.669. The zero-order valence-electron chi connectivity index (χ0n) is 55.5. The van der Waals surface area contributed by atoms with Gasteiger partial charge in [-0.15, -0.1) is 0 Å². The topological polar surface area (TPSA) is 29.5 Å². The first-order chi connectivity index (χ1) is 50.6. The van der Waals surface area contributed by atoms with Crippen LogP contribution in [0.2, 0.25) is 0 Å². The van der Waals surface area contributed by atoms with Crippen molar-refractivity contribution < 1.29 is 4.42 Å². The third-order valence-electron chi connectivity index (χ3n) is 21.5. The molecule has 16 aromatic carbocycles. The molecule has 0 unspecified atom stereocenters. The molecule has 0 aliphatic carbocycles. The van der Waals surface area contributed by atoms with Crippen LogP contribution in [0.5, 0.6) is 0 Å². The van der Waals surface area contributed by atoms with Crippen LogP contribution in [0.1, 0.15) is 0 Å². The molecule has 0 radical (unpaired) electrons. The van der Waals surface area contributed by atoms with Gasteiger partial charge in [0, 0.05) is 88.7 Å². The summed E-state index contributed by atoms with van der Waals surface area (Å²) in [4.78, 5) is 5.35. The Kier molecular flexibility index (Phi) is 13.1. The van der Waals surface area contributed by atoms with Gasteiger partial charge in [-0.3, -0.25) is 0 Å². The number of para-hydroxylation sites is 7. The fourth-order valence-electron chi connectivity index (χ4n) is 17.0. The summed E-state index contributed by atoms with van der Waals surface area (Å²) in [6.07, 6.45) is 0. The van der Waals surface area contributed by atoms with Crippen LogP contribution in [0.4, 0.5) is 34.1 Å². The monoisotopic (exact) mass is 1300 g/mol. The number of nitrogens with zero attached hydrogens (tertiary/aromatic N) is 4. The summed E-state index contributed by atoms with van der Waals surface area (Å²) in [5.74, 6) is 0. The van der Waals surface area contributed by atoms with Crippen molar-refractivity contribution in [2.75, 3.05) is 9.80 Å². The van der Waals surface area contributed by atoms with Gasteiger partial charge >= 0.3 is 0 Å². The van der Waals surface area contributed by atoms with E-state index in [1.54, 1.807) is 0 Å². The Bertz CT molecular complexity index is 6410. The zero-order valence-corrected chi connectivity index (χ0v) is 55.5. The Labute approximate surface area is 590 Å². The number of hydrogen-bond acceptors (Lipinski definition) is 3. The SMILES string of the molecule is c1ccc(-c2cccc(-c3ccccc3)c2N2c3cc(-c4ccc5oc6ccccc6c5c4)ccc3B3c4ccc(-n5c6ccccc6c6ccccc65)cc4N(c4c(-c5ccccc5)cccc4-c4ccccc4)c4cc(-c5ccc6c(c5)c5ccccc5n6-c5ccccc5)cc2c43)cc1. The molecule has 0 amide bonds. The van der Waals surface area contributed by atoms with Crippen molar-refractivity contribution in [3.63, 3.8) is 0 Å². The average Bonchev–Trinajstić information content (AvgIpc) is 0.884. The lowest BCUT2D eigenvalue weighted by Crippen LogP contribution is -2.61. The van der Waals surface area contributed by atoms with E-state index in [-0.39, 0.29) is 6.71 Å². The van der Waals surface area contributed by atoms with Gasteiger partial charge in [0.2, 0.25) is 0 Å². The smallest absolute Gasteiger partial charge is 0.252 e. The van der Waals surface area contributed by atoms with Gasteiger partial charge in [-0.2, -0.15) is 0 Å². The van der Waals surface area contributed by atoms with Crippen molar-refractivity contribution in [2.45, 2.75) is 0 Å². The molecule has 5 heterocycles. The molecule has 5 nitrogen and oxygen atoms in total. The van der Waals surface area contributed by atoms with Crippen molar-refractivity contribution >= 4 is 123 Å². The fourth-order valence-corrected chi connectivity index (χ4v) is 17.0. The first kappa shape index (κ1) is 57.6. The van der Waals surface area contributed by atoms with Gasteiger partial charge in [0.1, 0.15) is 11.2 Å². The molecular formula is C96H61BN4O. The molecule has 0 saturated heterocycles. The van der Waals surface area contributed by atoms with Gasteiger partial charge in [-0.25, -0.2) is 0 Å². The van der Waals surface area contributed by atoms with Crippen molar-refractivity contribution in [3.05, 3.63) is 370 Å². The summed E-state index contributed by atoms with van der Waals surface area (Å²) < 4.78 is 11.4. The average molecular weight is 1300 g/mol. The molecule has 474 valence electrons. The largest absolute Gasteiger partial charge is 0.456 e. The van der Waals surface area contributed by atoms with Crippen molar-refractivity contribution in [1.82, 2.24) is 9.13 Å². The second-order valence-corrected chi connectivity index (χ2v) is 27.0. The van der Waals surface area contributed by atoms with Crippen LogP contribution in [0.15, 0.2) is 374 Å². The van der Waals surface area contributed by atoms with E-state index in [1.165, 1.54) is 37.9 Å². The number of hydrogen-bond donors (Lipinski definition) is 0. The van der Waals surface area contributed by atoms with Crippen LogP contribution < -0.4 is 26.2 Å². The third kappa shape index (κ3) is 8.92. The van der Waals surface area contributed by atoms with Gasteiger partial charge < -0.3 is 23.4 Å². The molecule has 2 aliphatic heterocycles. The minimum absolute atomic E-state index is 0.262. The minimum atomic E-state index is -0.262. The van der Waals surface area contributed by atoms with Gasteiger partial charge in [-0.05, 0) is 152 Å². The summed E-state index contributed by atoms with van der Waals surface area (Å²) in [5, 5.41) is 7.01. The maximum absolute atomic E-state index is 6.52. The number of anilines is 6. The number of benzene rings is 16. The number of furan rings is 1. The molecule has 2 aliphatic rings. The Hall–Kier alpha value is -13.4. The Morgan fingerprint density at radius 1 is 0.216 bits per heavy atom. The molecular weight excluding hydrogens is 1240 g/mol. The highest BCUT2D eigenvalue weighted by Crippen LogP contribution is 2.55. The van der Waals surface area contributed by atoms with Gasteiger partial charge in [0.05, 0.1) is 33.4 Å². The third-order valence-corrected chi connectivity index (χ3v) is 21.5. The molecule has 21 rings (SSSR count). The number of aromatic nitrogens is 2. The highest BCUT2D eigenvalue weighted by Gasteiger charge is 2.46. The molecule has 102 heavy (non-hydrogen) atoms. The molecule has 0 saturated carbocycles. The highest BCUT2D eigenvalue weighted by atomic mass is 16.3. The van der Waals surface area contributed by atoms with E-state index in [2.05, 4.69) is 389 Å². The quantitative estimate of drug-likeness (QED) is 0.128. The normalized spacial score (nSPS) is 12.5. The number of fused-ring (bicyclic) bond motifs is 13. The lowest BCUT2D eigenvalue weighted by Gasteiger charge is -2.46. The van der Waals surface area contributed by atoms with Crippen LogP contribution in [0.25, 0.3) is 144 Å². The molecule has 0 fully saturated rings. The van der Waals surface area contributed by atoms with Crippen molar-refractivity contribution in [1.29, 1.82) is 0 Å². The predicted molar refractivity (Wildman–Crippen MR) is 429 cm³/mol. The van der Waals surface area contributed by atoms with E-state index >= 15 is 0 Å². The van der Waals surface area contributed by atoms with E-state index < -0.39 is 0 Å². The van der Waals surface area contributed by atoms with Crippen LogP contribution in [0.3, 0.4) is 0 Å². The first-order valence-corrected chi connectivity index (χ1v) is 35.2. The lowest BCUT2D eigenvalue weighted by atomic mass is 9.33. The van der Waals surface area contributed by atoms with Gasteiger partial charge in [0.25, 0.3) is 6.71 Å². The van der Waals surface area contributed by atoms with Crippen LogP contribution in [-0.4, -0.2) is 15.8 Å². The van der Waals surface area contributed by atoms with E-state index in [0.29, 0.717) is 0 Å². The second kappa shape index (κ2) is 23.1. The molecule has 19 aromatic rings. The fraction of sp³-hybridized carbons (Fsp3) is 0. The molecule has 0 atom stereocenters. The molecule has 0 N–H and O–H groups in total. The first-order valence-electron chi connectivity index (χ1n) is 35.2. The summed E-state index contributed by atoms with van der Waals surface area (Å²) in [5.41, 5.74) is 32.2. The standard InChI is InChI=1S/C96H61BN4O/c1-6-26-62(27-7-1)72-40-24-41-73(63-28-8-2-9-29-63)95(72)100-88-58-68(66-50-55-93-81(57-66)79-39-19-23-47-92(79)102-93)48-52-82(88)97-83-53-51-71(99-84-44-20-16-36-76(84)77-37-17-21-45-85(77)99)61-89(83)101(96-74(64-30-10-3-11-31-64)42-25-43-75(96)65-32-12-4-13-33-65)91-60-69(59-90(100)94(91)97)67-49-54-87-80(56-67)78-38-18-22-46-86(78)98(87)70-34-14-5-15-35-70/h1-61H. The predicted octanol–water partition coefficient (Wildman–Crippen LogP) is 23.9. The van der Waals surface area contributed by atoms with Crippen molar-refractivity contribution in [3.8, 4) is 78.1 Å². The molecule has 0 bridgehead atoms.